The molecule has 7 nitrogen and oxygen atoms in total. The molecule has 0 unspecified atom stereocenters. The molecule has 2 atom stereocenters. The highest BCUT2D eigenvalue weighted by atomic mass is 16.5. The third-order valence-corrected chi connectivity index (χ3v) is 4.44. The van der Waals surface area contributed by atoms with Crippen LogP contribution in [0.2, 0.25) is 0 Å². The zero-order chi connectivity index (χ0) is 17.1. The van der Waals surface area contributed by atoms with E-state index in [4.69, 9.17) is 9.84 Å². The molecule has 0 spiro atoms. The van der Waals surface area contributed by atoms with Crippen LogP contribution in [0.25, 0.3) is 0 Å². The molecule has 1 saturated heterocycles. The molecular formula is C16H25N3O4. The molecule has 7 heteroatoms. The van der Waals surface area contributed by atoms with Crippen LogP contribution in [-0.4, -0.2) is 57.5 Å². The molecule has 1 fully saturated rings. The Hall–Kier alpha value is -1.89. The highest BCUT2D eigenvalue weighted by Gasteiger charge is 2.29. The van der Waals surface area contributed by atoms with Gasteiger partial charge in [-0.3, -0.25) is 14.3 Å². The number of hydrogen-bond donors (Lipinski definition) is 1. The average molecular weight is 323 g/mol. The van der Waals surface area contributed by atoms with Crippen LogP contribution >= 0.6 is 0 Å². The molecule has 1 aliphatic rings. The first-order valence-corrected chi connectivity index (χ1v) is 7.90. The lowest BCUT2D eigenvalue weighted by Gasteiger charge is -2.34. The van der Waals surface area contributed by atoms with E-state index in [1.54, 1.807) is 4.90 Å². The number of aryl methyl sites for hydroxylation is 2. The molecule has 1 N–H and O–H groups in total. The van der Waals surface area contributed by atoms with Crippen LogP contribution < -0.4 is 0 Å². The van der Waals surface area contributed by atoms with Gasteiger partial charge in [0.1, 0.15) is 0 Å². The molecule has 2 rings (SSSR count). The number of rotatable bonds is 5. The first kappa shape index (κ1) is 17.5. The quantitative estimate of drug-likeness (QED) is 0.871. The number of morpholine rings is 1. The number of nitrogens with zero attached hydrogens (tertiary/aromatic N) is 3. The number of hydrogen-bond acceptors (Lipinski definition) is 4. The van der Waals surface area contributed by atoms with Crippen molar-refractivity contribution < 1.29 is 19.4 Å². The monoisotopic (exact) mass is 323 g/mol. The fourth-order valence-corrected chi connectivity index (χ4v) is 3.06. The number of aromatic nitrogens is 2. The Morgan fingerprint density at radius 1 is 1.43 bits per heavy atom. The summed E-state index contributed by atoms with van der Waals surface area (Å²) in [5, 5.41) is 13.3. The summed E-state index contributed by atoms with van der Waals surface area (Å²) < 4.78 is 7.25. The van der Waals surface area contributed by atoms with Gasteiger partial charge < -0.3 is 14.7 Å². The minimum absolute atomic E-state index is 0.0475. The minimum Gasteiger partial charge on any atom is -0.481 e. The Balaban J connectivity index is 2.00. The van der Waals surface area contributed by atoms with Crippen LogP contribution in [0.4, 0.5) is 0 Å². The van der Waals surface area contributed by atoms with Crippen LogP contribution in [0.15, 0.2) is 0 Å². The van der Waals surface area contributed by atoms with Gasteiger partial charge in [0.25, 0.3) is 0 Å². The summed E-state index contributed by atoms with van der Waals surface area (Å²) in [6.07, 6.45) is 0.156. The first-order valence-electron chi connectivity index (χ1n) is 7.90. The third-order valence-electron chi connectivity index (χ3n) is 4.44. The summed E-state index contributed by atoms with van der Waals surface area (Å²) in [6, 6.07) is 0. The Bertz CT molecular complexity index is 596. The molecule has 1 amide bonds. The Labute approximate surface area is 136 Å². The average Bonchev–Trinajstić information content (AvgIpc) is 2.72. The molecule has 2 heterocycles. The highest BCUT2D eigenvalue weighted by Crippen LogP contribution is 2.19. The van der Waals surface area contributed by atoms with Gasteiger partial charge in [-0.05, 0) is 25.8 Å². The van der Waals surface area contributed by atoms with Gasteiger partial charge in [0.2, 0.25) is 5.91 Å². The summed E-state index contributed by atoms with van der Waals surface area (Å²) >= 11 is 0. The second-order valence-corrected chi connectivity index (χ2v) is 6.25. The summed E-state index contributed by atoms with van der Waals surface area (Å²) in [5.74, 6) is -1.02. The fourth-order valence-electron chi connectivity index (χ4n) is 3.06. The Kier molecular flexibility index (Phi) is 5.41. The summed E-state index contributed by atoms with van der Waals surface area (Å²) in [6.45, 7) is 7.13. The number of carbonyl (C=O) groups excluding carboxylic acids is 1. The molecule has 0 radical (unpaired) electrons. The smallest absolute Gasteiger partial charge is 0.306 e. The number of aliphatic carboxylic acids is 1. The normalized spacial score (nSPS) is 19.7. The maximum absolute atomic E-state index is 12.7. The Morgan fingerprint density at radius 3 is 2.70 bits per heavy atom. The van der Waals surface area contributed by atoms with Gasteiger partial charge in [-0.25, -0.2) is 0 Å². The van der Waals surface area contributed by atoms with E-state index in [1.807, 2.05) is 32.5 Å². The van der Waals surface area contributed by atoms with Gasteiger partial charge in [0.15, 0.2) is 0 Å². The SMILES string of the molecule is Cc1nn(C)c(C)c1C[C@@H](C)C(=O)N1CCO[C@@H](CC(=O)O)C1. The minimum atomic E-state index is -0.904. The van der Waals surface area contributed by atoms with Crippen molar-refractivity contribution >= 4 is 11.9 Å². The first-order chi connectivity index (χ1) is 10.8. The Morgan fingerprint density at radius 2 is 2.13 bits per heavy atom. The second kappa shape index (κ2) is 7.12. The molecule has 0 bridgehead atoms. The van der Waals surface area contributed by atoms with E-state index in [1.165, 1.54) is 0 Å². The molecule has 1 aromatic heterocycles. The van der Waals surface area contributed by atoms with Crippen molar-refractivity contribution in [1.29, 1.82) is 0 Å². The zero-order valence-corrected chi connectivity index (χ0v) is 14.2. The maximum atomic E-state index is 12.7. The van der Waals surface area contributed by atoms with Gasteiger partial charge >= 0.3 is 5.97 Å². The summed E-state index contributed by atoms with van der Waals surface area (Å²) in [5.41, 5.74) is 3.15. The standard InChI is InChI=1S/C16H25N3O4/c1-10(7-14-11(2)17-18(4)12(14)3)16(22)19-5-6-23-13(9-19)8-15(20)21/h10,13H,5-9H2,1-4H3,(H,20,21)/t10-,13+/m1/s1. The van der Waals surface area contributed by atoms with Gasteiger partial charge in [-0.15, -0.1) is 0 Å². The lowest BCUT2D eigenvalue weighted by molar-refractivity contribution is -0.149. The van der Waals surface area contributed by atoms with E-state index in [0.29, 0.717) is 26.1 Å². The lowest BCUT2D eigenvalue weighted by Crippen LogP contribution is -2.48. The van der Waals surface area contributed by atoms with Crippen LogP contribution in [0.5, 0.6) is 0 Å². The van der Waals surface area contributed by atoms with E-state index in [-0.39, 0.29) is 18.2 Å². The molecule has 23 heavy (non-hydrogen) atoms. The van der Waals surface area contributed by atoms with Gasteiger partial charge in [-0.1, -0.05) is 6.92 Å². The van der Waals surface area contributed by atoms with Crippen LogP contribution in [0.1, 0.15) is 30.3 Å². The molecular weight excluding hydrogens is 298 g/mol. The lowest BCUT2D eigenvalue weighted by atomic mass is 9.98. The van der Waals surface area contributed by atoms with Crippen LogP contribution in [0.3, 0.4) is 0 Å². The summed E-state index contributed by atoms with van der Waals surface area (Å²) in [4.78, 5) is 25.2. The van der Waals surface area contributed by atoms with E-state index in [9.17, 15) is 9.59 Å². The predicted molar refractivity (Wildman–Crippen MR) is 84.1 cm³/mol. The number of carbonyl (C=O) groups is 2. The second-order valence-electron chi connectivity index (χ2n) is 6.25. The molecule has 0 aliphatic carbocycles. The van der Waals surface area contributed by atoms with Crippen molar-refractivity contribution in [1.82, 2.24) is 14.7 Å². The van der Waals surface area contributed by atoms with Gasteiger partial charge in [0, 0.05) is 31.7 Å². The topological polar surface area (TPSA) is 84.7 Å². The van der Waals surface area contributed by atoms with Gasteiger partial charge in [-0.2, -0.15) is 5.10 Å². The van der Waals surface area contributed by atoms with Crippen LogP contribution in [0, 0.1) is 19.8 Å². The zero-order valence-electron chi connectivity index (χ0n) is 14.2. The number of amides is 1. The number of carboxylic acids is 1. The van der Waals surface area contributed by atoms with Crippen molar-refractivity contribution in [3.05, 3.63) is 17.0 Å². The highest BCUT2D eigenvalue weighted by molar-refractivity contribution is 5.79. The molecule has 0 saturated carbocycles. The predicted octanol–water partition coefficient (Wildman–Crippen LogP) is 0.918. The maximum Gasteiger partial charge on any atom is 0.306 e. The van der Waals surface area contributed by atoms with E-state index < -0.39 is 12.1 Å². The van der Waals surface area contributed by atoms with Crippen molar-refractivity contribution in [2.75, 3.05) is 19.7 Å². The molecule has 1 aromatic rings. The molecule has 128 valence electrons. The molecule has 1 aliphatic heterocycles. The van der Waals surface area contributed by atoms with Crippen LogP contribution in [-0.2, 0) is 27.8 Å². The van der Waals surface area contributed by atoms with Crippen molar-refractivity contribution in [2.45, 2.75) is 39.7 Å². The van der Waals surface area contributed by atoms with Gasteiger partial charge in [0.05, 0.1) is 24.8 Å². The molecule has 0 aromatic carbocycles. The van der Waals surface area contributed by atoms with E-state index in [0.717, 1.165) is 17.0 Å². The summed E-state index contributed by atoms with van der Waals surface area (Å²) in [7, 11) is 1.90. The number of ether oxygens (including phenoxy) is 1. The van der Waals surface area contributed by atoms with E-state index >= 15 is 0 Å². The third kappa shape index (κ3) is 4.10. The number of carboxylic acid groups (broad SMARTS) is 1. The fraction of sp³-hybridized carbons (Fsp3) is 0.688. The van der Waals surface area contributed by atoms with Crippen molar-refractivity contribution in [3.8, 4) is 0 Å². The van der Waals surface area contributed by atoms with Crippen molar-refractivity contribution in [2.24, 2.45) is 13.0 Å². The van der Waals surface area contributed by atoms with Crippen molar-refractivity contribution in [3.63, 3.8) is 0 Å². The largest absolute Gasteiger partial charge is 0.481 e. The van der Waals surface area contributed by atoms with E-state index in [2.05, 4.69) is 5.10 Å².